The predicted octanol–water partition coefficient (Wildman–Crippen LogP) is 3.68. The largest absolute Gasteiger partial charge is 0.463 e. The molecule has 4 heterocycles. The molecule has 0 radical (unpaired) electrons. The van der Waals surface area contributed by atoms with Crippen LogP contribution in [0.1, 0.15) is 31.4 Å². The van der Waals surface area contributed by atoms with E-state index in [1.807, 2.05) is 30.3 Å². The van der Waals surface area contributed by atoms with Crippen LogP contribution in [0.4, 0.5) is 5.69 Å². The van der Waals surface area contributed by atoms with Gasteiger partial charge in [-0.3, -0.25) is 19.2 Å². The summed E-state index contributed by atoms with van der Waals surface area (Å²) in [7, 11) is 0. The Morgan fingerprint density at radius 2 is 1.80 bits per heavy atom. The lowest BCUT2D eigenvalue weighted by atomic mass is 9.74. The average Bonchev–Trinajstić information content (AvgIpc) is 3.64. The van der Waals surface area contributed by atoms with Crippen LogP contribution in [0.3, 0.4) is 0 Å². The summed E-state index contributed by atoms with van der Waals surface area (Å²) >= 11 is 9.72. The number of aliphatic hydroxyl groups is 1. The summed E-state index contributed by atoms with van der Waals surface area (Å²) in [6.45, 7) is 1.29. The quantitative estimate of drug-likeness (QED) is 0.369. The molecule has 5 bridgehead atoms. The van der Waals surface area contributed by atoms with E-state index in [4.69, 9.17) is 21.1 Å². The molecule has 2 fully saturated rings. The summed E-state index contributed by atoms with van der Waals surface area (Å²) in [4.78, 5) is 58.8. The summed E-state index contributed by atoms with van der Waals surface area (Å²) in [6, 6.07) is 13.3. The van der Waals surface area contributed by atoms with E-state index in [1.54, 1.807) is 49.4 Å². The number of aliphatic hydroxyl groups excluding tert-OH is 1. The minimum atomic E-state index is -1.47. The van der Waals surface area contributed by atoms with Gasteiger partial charge in [0.05, 0.1) is 30.5 Å². The molecule has 3 amide bonds. The zero-order valence-electron chi connectivity index (χ0n) is 24.5. The smallest absolute Gasteiger partial charge is 0.306 e. The van der Waals surface area contributed by atoms with Crippen LogP contribution >= 0.6 is 27.5 Å². The molecule has 2 aromatic carbocycles. The minimum absolute atomic E-state index is 0.101. The lowest BCUT2D eigenvalue weighted by Crippen LogP contribution is -2.58. The maximum absolute atomic E-state index is 14.7. The van der Waals surface area contributed by atoms with Crippen molar-refractivity contribution in [3.8, 4) is 0 Å². The molecule has 4 aliphatic rings. The van der Waals surface area contributed by atoms with Crippen molar-refractivity contribution in [1.82, 2.24) is 10.2 Å². The second-order valence-corrected chi connectivity index (χ2v) is 13.0. The lowest BCUT2D eigenvalue weighted by Gasteiger charge is -2.37. The number of esters is 1. The van der Waals surface area contributed by atoms with Gasteiger partial charge < -0.3 is 29.7 Å². The third kappa shape index (κ3) is 5.60. The number of hydrogen-bond donors (Lipinski definition) is 2. The first-order valence-electron chi connectivity index (χ1n) is 14.9. The van der Waals surface area contributed by atoms with Gasteiger partial charge >= 0.3 is 5.97 Å². The minimum Gasteiger partial charge on any atom is -0.463 e. The number of carbonyl (C=O) groups excluding carboxylic acids is 4. The Morgan fingerprint density at radius 1 is 1.07 bits per heavy atom. The molecule has 0 aromatic heterocycles. The van der Waals surface area contributed by atoms with Crippen LogP contribution in [-0.2, 0) is 28.7 Å². The van der Waals surface area contributed by atoms with Gasteiger partial charge in [0.25, 0.3) is 5.91 Å². The summed E-state index contributed by atoms with van der Waals surface area (Å²) in [5.74, 6) is -3.83. The van der Waals surface area contributed by atoms with E-state index in [-0.39, 0.29) is 19.6 Å². The molecule has 0 saturated carbocycles. The molecule has 10 nitrogen and oxygen atoms in total. The Kier molecular flexibility index (Phi) is 8.89. The maximum atomic E-state index is 14.7. The number of halogens is 2. The van der Waals surface area contributed by atoms with Crippen molar-refractivity contribution in [2.45, 2.75) is 49.6 Å². The molecular formula is C33H33BrClN3O7. The fraction of sp³-hybridized carbons (Fsp3) is 0.394. The SMILES string of the molecule is C[C@H](CO)N1C(=O)[C@H]2[C@@H]3C(=O)N[C@H](c4ccccc4)COC(=O)CC/C=C\CN(c4ccc(Cl)cc4)C(=O)[C@H]1[C@@]21C=C(Br)[C@@H]3O1. The first-order chi connectivity index (χ1) is 21.7. The van der Waals surface area contributed by atoms with Crippen LogP contribution in [0, 0.1) is 11.8 Å². The fourth-order valence-corrected chi connectivity index (χ4v) is 7.67. The molecule has 236 valence electrons. The van der Waals surface area contributed by atoms with Gasteiger partial charge in [0.1, 0.15) is 24.4 Å². The van der Waals surface area contributed by atoms with Gasteiger partial charge in [-0.25, -0.2) is 0 Å². The first kappa shape index (κ1) is 31.5. The Morgan fingerprint density at radius 3 is 2.51 bits per heavy atom. The van der Waals surface area contributed by atoms with Gasteiger partial charge in [0.15, 0.2) is 0 Å². The van der Waals surface area contributed by atoms with Crippen LogP contribution in [0.25, 0.3) is 0 Å². The highest BCUT2D eigenvalue weighted by Gasteiger charge is 2.75. The third-order valence-electron chi connectivity index (χ3n) is 8.94. The van der Waals surface area contributed by atoms with E-state index in [2.05, 4.69) is 21.2 Å². The highest BCUT2D eigenvalue weighted by atomic mass is 79.9. The molecule has 6 rings (SSSR count). The highest BCUT2D eigenvalue weighted by Crippen LogP contribution is 2.59. The van der Waals surface area contributed by atoms with Crippen LogP contribution in [0.15, 0.2) is 77.3 Å². The molecule has 2 aromatic rings. The number of carbonyl (C=O) groups is 4. The number of fused-ring (bicyclic) bond motifs is 2. The fourth-order valence-electron chi connectivity index (χ4n) is 6.81. The topological polar surface area (TPSA) is 125 Å². The van der Waals surface area contributed by atoms with Crippen LogP contribution in [0.5, 0.6) is 0 Å². The molecule has 0 aliphatic carbocycles. The average molecular weight is 699 g/mol. The van der Waals surface area contributed by atoms with Crippen molar-refractivity contribution < 1.29 is 33.8 Å². The number of nitrogens with one attached hydrogen (secondary N) is 1. The van der Waals surface area contributed by atoms with Crippen molar-refractivity contribution in [1.29, 1.82) is 0 Å². The number of likely N-dealkylation sites (tertiary alicyclic amines) is 1. The zero-order valence-corrected chi connectivity index (χ0v) is 26.8. The number of hydrogen-bond acceptors (Lipinski definition) is 7. The van der Waals surface area contributed by atoms with E-state index in [9.17, 15) is 24.3 Å². The lowest BCUT2D eigenvalue weighted by molar-refractivity contribution is -0.146. The van der Waals surface area contributed by atoms with Gasteiger partial charge in [-0.15, -0.1) is 0 Å². The number of ether oxygens (including phenoxy) is 2. The first-order valence-corrected chi connectivity index (χ1v) is 16.1. The monoisotopic (exact) mass is 697 g/mol. The van der Waals surface area contributed by atoms with Crippen molar-refractivity contribution in [2.75, 3.05) is 24.7 Å². The van der Waals surface area contributed by atoms with Gasteiger partial charge in [-0.1, -0.05) is 70.0 Å². The normalized spacial score (nSPS) is 31.7. The van der Waals surface area contributed by atoms with Crippen molar-refractivity contribution in [3.05, 3.63) is 87.9 Å². The molecule has 12 heteroatoms. The number of benzene rings is 2. The van der Waals surface area contributed by atoms with Crippen molar-refractivity contribution in [2.24, 2.45) is 11.8 Å². The number of nitrogens with zero attached hydrogens (tertiary/aromatic N) is 2. The highest BCUT2D eigenvalue weighted by molar-refractivity contribution is 9.11. The Bertz CT molecular complexity index is 1550. The van der Waals surface area contributed by atoms with Crippen LogP contribution in [-0.4, -0.2) is 77.2 Å². The molecule has 4 aliphatic heterocycles. The van der Waals surface area contributed by atoms with E-state index < -0.39 is 72.0 Å². The molecule has 2 saturated heterocycles. The van der Waals surface area contributed by atoms with Crippen LogP contribution in [0.2, 0.25) is 5.02 Å². The molecule has 0 unspecified atom stereocenters. The zero-order chi connectivity index (χ0) is 31.9. The molecule has 2 N–H and O–H groups in total. The van der Waals surface area contributed by atoms with Crippen molar-refractivity contribution in [3.63, 3.8) is 0 Å². The van der Waals surface area contributed by atoms with Gasteiger partial charge in [0.2, 0.25) is 11.8 Å². The Labute approximate surface area is 274 Å². The predicted molar refractivity (Wildman–Crippen MR) is 169 cm³/mol. The van der Waals surface area contributed by atoms with E-state index >= 15 is 0 Å². The number of rotatable bonds is 4. The number of allylic oxidation sites excluding steroid dienone is 1. The standard InChI is InChI=1S/C33H33BrClN3O7/c1-19(17-39)38-29-32(43)37(22-13-11-21(35)12-14-22)15-7-3-6-10-25(40)44-18-24(20-8-4-2-5-9-20)36-30(41)26-27(31(38)42)33(29)16-23(34)28(26)45-33/h2-5,7-9,11-14,16,19,24,26-29,39H,6,10,15,17-18H2,1H3,(H,36,41)/b7-3-/t19-,24+,26+,27-,28+,29+,33-/m1/s1. The maximum Gasteiger partial charge on any atom is 0.306 e. The summed E-state index contributed by atoms with van der Waals surface area (Å²) < 4.78 is 12.7. The summed E-state index contributed by atoms with van der Waals surface area (Å²) in [6.07, 6.45) is 4.97. The molecule has 7 atom stereocenters. The summed E-state index contributed by atoms with van der Waals surface area (Å²) in [5.41, 5.74) is -0.212. The Hall–Kier alpha value is -3.51. The number of amides is 3. The van der Waals surface area contributed by atoms with E-state index in [0.29, 0.717) is 21.6 Å². The van der Waals surface area contributed by atoms with Gasteiger partial charge in [0, 0.05) is 28.2 Å². The molecule has 1 spiro atoms. The third-order valence-corrected chi connectivity index (χ3v) is 9.88. The van der Waals surface area contributed by atoms with Gasteiger partial charge in [-0.2, -0.15) is 0 Å². The second kappa shape index (κ2) is 12.7. The second-order valence-electron chi connectivity index (χ2n) is 11.7. The molecule has 45 heavy (non-hydrogen) atoms. The summed E-state index contributed by atoms with van der Waals surface area (Å²) in [5, 5.41) is 13.7. The number of cyclic esters (lactones) is 1. The Balaban J connectivity index is 1.46. The molecular weight excluding hydrogens is 666 g/mol. The van der Waals surface area contributed by atoms with E-state index in [0.717, 1.165) is 5.56 Å². The van der Waals surface area contributed by atoms with Crippen LogP contribution < -0.4 is 10.2 Å². The van der Waals surface area contributed by atoms with Gasteiger partial charge in [-0.05, 0) is 49.2 Å². The number of anilines is 1. The van der Waals surface area contributed by atoms with E-state index in [1.165, 1.54) is 9.80 Å². The van der Waals surface area contributed by atoms with Crippen molar-refractivity contribution >= 4 is 56.9 Å².